The molecule has 0 aliphatic heterocycles. The molecule has 0 spiro atoms. The van der Waals surface area contributed by atoms with Gasteiger partial charge in [-0.15, -0.1) is 11.3 Å². The largest absolute Gasteiger partial charge is 0.324 e. The second-order valence-electron chi connectivity index (χ2n) is 5.50. The van der Waals surface area contributed by atoms with E-state index in [0.717, 1.165) is 0 Å². The molecule has 2 heteroatoms. The van der Waals surface area contributed by atoms with E-state index in [2.05, 4.69) is 19.9 Å². The number of aryl methyl sites for hydroxylation is 2. The Kier molecular flexibility index (Phi) is 4.63. The van der Waals surface area contributed by atoms with E-state index in [-0.39, 0.29) is 6.04 Å². The molecule has 1 heterocycles. The molecule has 1 fully saturated rings. The zero-order valence-electron chi connectivity index (χ0n) is 11.2. The smallest absolute Gasteiger partial charge is 0.0334 e. The molecule has 0 bridgehead atoms. The second kappa shape index (κ2) is 6.01. The second-order valence-corrected chi connectivity index (χ2v) is 6.96. The van der Waals surface area contributed by atoms with Gasteiger partial charge in [0.15, 0.2) is 0 Å². The molecule has 1 unspecified atom stereocenters. The van der Waals surface area contributed by atoms with Gasteiger partial charge in [-0.2, -0.15) is 0 Å². The van der Waals surface area contributed by atoms with E-state index in [9.17, 15) is 0 Å². The molecular weight excluding hydrogens is 226 g/mol. The van der Waals surface area contributed by atoms with Crippen molar-refractivity contribution in [3.8, 4) is 0 Å². The lowest BCUT2D eigenvalue weighted by Gasteiger charge is -2.26. The van der Waals surface area contributed by atoms with Crippen molar-refractivity contribution >= 4 is 11.3 Å². The summed E-state index contributed by atoms with van der Waals surface area (Å²) in [4.78, 5) is 2.83. The van der Waals surface area contributed by atoms with Gasteiger partial charge >= 0.3 is 0 Å². The third kappa shape index (κ3) is 3.32. The molecule has 1 aliphatic carbocycles. The van der Waals surface area contributed by atoms with Gasteiger partial charge in [0, 0.05) is 15.8 Å². The van der Waals surface area contributed by atoms with Crippen LogP contribution < -0.4 is 5.73 Å². The zero-order chi connectivity index (χ0) is 12.3. The first kappa shape index (κ1) is 13.1. The van der Waals surface area contributed by atoms with Crippen LogP contribution in [0, 0.1) is 19.8 Å². The van der Waals surface area contributed by atoms with Crippen molar-refractivity contribution in [1.82, 2.24) is 0 Å². The van der Waals surface area contributed by atoms with E-state index in [1.165, 1.54) is 60.3 Å². The Balaban J connectivity index is 2.06. The fourth-order valence-corrected chi connectivity index (χ4v) is 4.06. The monoisotopic (exact) mass is 251 g/mol. The van der Waals surface area contributed by atoms with E-state index in [4.69, 9.17) is 5.73 Å². The van der Waals surface area contributed by atoms with E-state index in [1.54, 1.807) is 0 Å². The van der Waals surface area contributed by atoms with Crippen molar-refractivity contribution in [3.63, 3.8) is 0 Å². The van der Waals surface area contributed by atoms with Gasteiger partial charge in [0.05, 0.1) is 0 Å². The van der Waals surface area contributed by atoms with E-state index in [1.807, 2.05) is 11.3 Å². The predicted octanol–water partition coefficient (Wildman–Crippen LogP) is 4.73. The Bertz CT molecular complexity index is 348. The minimum absolute atomic E-state index is 0.276. The first-order valence-electron chi connectivity index (χ1n) is 7.01. The fraction of sp³-hybridized carbons (Fsp3) is 0.733. The van der Waals surface area contributed by atoms with Crippen LogP contribution in [0.1, 0.15) is 66.3 Å². The van der Waals surface area contributed by atoms with Crippen molar-refractivity contribution in [3.05, 3.63) is 21.4 Å². The normalized spacial score (nSPS) is 20.9. The molecule has 1 aromatic heterocycles. The first-order valence-corrected chi connectivity index (χ1v) is 7.82. The summed E-state index contributed by atoms with van der Waals surface area (Å²) in [6, 6.07) is 2.58. The summed E-state index contributed by atoms with van der Waals surface area (Å²) in [5.41, 5.74) is 7.93. The maximum atomic E-state index is 6.51. The maximum Gasteiger partial charge on any atom is 0.0334 e. The standard InChI is InChI=1S/C15H25NS/c1-11-10-14(12(2)17-11)15(16)13-8-6-4-3-5-7-9-13/h10,13,15H,3-9,16H2,1-2H3. The SMILES string of the molecule is Cc1cc(C(N)C2CCCCCCC2)c(C)s1. The molecule has 2 rings (SSSR count). The van der Waals surface area contributed by atoms with Gasteiger partial charge in [0.1, 0.15) is 0 Å². The maximum absolute atomic E-state index is 6.51. The molecule has 0 amide bonds. The lowest BCUT2D eigenvalue weighted by molar-refractivity contribution is 0.327. The highest BCUT2D eigenvalue weighted by molar-refractivity contribution is 7.12. The highest BCUT2D eigenvalue weighted by atomic mass is 32.1. The molecule has 0 saturated heterocycles. The van der Waals surface area contributed by atoms with Crippen LogP contribution in [-0.2, 0) is 0 Å². The summed E-state index contributed by atoms with van der Waals surface area (Å²) in [5.74, 6) is 0.711. The van der Waals surface area contributed by atoms with Gasteiger partial charge in [-0.3, -0.25) is 0 Å². The Morgan fingerprint density at radius 1 is 1.12 bits per heavy atom. The average Bonchev–Trinajstić information content (AvgIpc) is 2.56. The first-order chi connectivity index (χ1) is 8.18. The lowest BCUT2D eigenvalue weighted by Crippen LogP contribution is -2.22. The number of rotatable bonds is 2. The predicted molar refractivity (Wildman–Crippen MR) is 76.5 cm³/mol. The molecule has 17 heavy (non-hydrogen) atoms. The summed E-state index contributed by atoms with van der Waals surface area (Å²) < 4.78 is 0. The van der Waals surface area contributed by atoms with E-state index in [0.29, 0.717) is 5.92 Å². The van der Waals surface area contributed by atoms with Crippen molar-refractivity contribution in [2.45, 2.75) is 64.8 Å². The van der Waals surface area contributed by atoms with Gasteiger partial charge in [0.25, 0.3) is 0 Å². The minimum atomic E-state index is 0.276. The summed E-state index contributed by atoms with van der Waals surface area (Å²) in [5, 5.41) is 0. The number of hydrogen-bond donors (Lipinski definition) is 1. The molecule has 0 aromatic carbocycles. The van der Waals surface area contributed by atoms with Crippen LogP contribution in [-0.4, -0.2) is 0 Å². The van der Waals surface area contributed by atoms with Crippen LogP contribution in [0.25, 0.3) is 0 Å². The van der Waals surface area contributed by atoms with Crippen molar-refractivity contribution < 1.29 is 0 Å². The van der Waals surface area contributed by atoms with Crippen LogP contribution in [0.3, 0.4) is 0 Å². The topological polar surface area (TPSA) is 26.0 Å². The van der Waals surface area contributed by atoms with Crippen LogP contribution in [0.2, 0.25) is 0 Å². The van der Waals surface area contributed by atoms with Crippen molar-refractivity contribution in [2.24, 2.45) is 11.7 Å². The Morgan fingerprint density at radius 3 is 2.24 bits per heavy atom. The summed E-state index contributed by atoms with van der Waals surface area (Å²) in [6.45, 7) is 4.40. The van der Waals surface area contributed by atoms with Gasteiger partial charge in [-0.1, -0.05) is 32.1 Å². The molecule has 96 valence electrons. The Hall–Kier alpha value is -0.340. The van der Waals surface area contributed by atoms with Crippen LogP contribution in [0.4, 0.5) is 0 Å². The van der Waals surface area contributed by atoms with Crippen molar-refractivity contribution in [2.75, 3.05) is 0 Å². The van der Waals surface area contributed by atoms with Gasteiger partial charge in [-0.05, 0) is 44.2 Å². The molecule has 0 radical (unpaired) electrons. The Labute approximate surface area is 109 Å². The zero-order valence-corrected chi connectivity index (χ0v) is 12.0. The molecule has 1 nitrogen and oxygen atoms in total. The third-order valence-electron chi connectivity index (χ3n) is 4.10. The lowest BCUT2D eigenvalue weighted by atomic mass is 9.83. The summed E-state index contributed by atoms with van der Waals surface area (Å²) >= 11 is 1.89. The number of hydrogen-bond acceptors (Lipinski definition) is 2. The average molecular weight is 251 g/mol. The van der Waals surface area contributed by atoms with Crippen LogP contribution in [0.5, 0.6) is 0 Å². The molecule has 1 saturated carbocycles. The minimum Gasteiger partial charge on any atom is -0.324 e. The van der Waals surface area contributed by atoms with E-state index < -0.39 is 0 Å². The number of thiophene rings is 1. The molecular formula is C15H25NS. The van der Waals surface area contributed by atoms with Gasteiger partial charge in [0.2, 0.25) is 0 Å². The number of nitrogens with two attached hydrogens (primary N) is 1. The third-order valence-corrected chi connectivity index (χ3v) is 5.08. The summed E-state index contributed by atoms with van der Waals surface area (Å²) in [7, 11) is 0. The fourth-order valence-electron chi connectivity index (χ4n) is 3.08. The van der Waals surface area contributed by atoms with Gasteiger partial charge in [-0.25, -0.2) is 0 Å². The molecule has 1 aromatic rings. The highest BCUT2D eigenvalue weighted by Crippen LogP contribution is 2.35. The van der Waals surface area contributed by atoms with Gasteiger partial charge < -0.3 is 5.73 Å². The Morgan fingerprint density at radius 2 is 1.71 bits per heavy atom. The quantitative estimate of drug-likeness (QED) is 0.808. The van der Waals surface area contributed by atoms with E-state index >= 15 is 0 Å². The van der Waals surface area contributed by atoms with Crippen molar-refractivity contribution in [1.29, 1.82) is 0 Å². The highest BCUT2D eigenvalue weighted by Gasteiger charge is 2.22. The molecule has 1 aliphatic rings. The molecule has 1 atom stereocenters. The molecule has 2 N–H and O–H groups in total. The summed E-state index contributed by atoms with van der Waals surface area (Å²) in [6.07, 6.45) is 9.65. The van der Waals surface area contributed by atoms with Crippen LogP contribution in [0.15, 0.2) is 6.07 Å². The van der Waals surface area contributed by atoms with Crippen LogP contribution >= 0.6 is 11.3 Å².